The van der Waals surface area contributed by atoms with Crippen molar-refractivity contribution >= 4 is 17.5 Å². The Morgan fingerprint density at radius 3 is 2.24 bits per heavy atom. The zero-order valence-corrected chi connectivity index (χ0v) is 11.6. The summed E-state index contributed by atoms with van der Waals surface area (Å²) in [6, 6.07) is 16.7. The van der Waals surface area contributed by atoms with Crippen LogP contribution in [0.2, 0.25) is 0 Å². The van der Waals surface area contributed by atoms with Crippen molar-refractivity contribution in [2.45, 2.75) is 6.61 Å². The molecule has 2 amide bonds. The number of anilines is 1. The minimum Gasteiger partial charge on any atom is -0.489 e. The van der Waals surface area contributed by atoms with Gasteiger partial charge in [-0.15, -0.1) is 0 Å². The fourth-order valence-corrected chi connectivity index (χ4v) is 1.68. The third kappa shape index (κ3) is 4.35. The first-order chi connectivity index (χ1) is 10.2. The van der Waals surface area contributed by atoms with Crippen LogP contribution in [0.3, 0.4) is 0 Å². The topological polar surface area (TPSA) is 67.4 Å². The average molecular weight is 284 g/mol. The zero-order chi connectivity index (χ0) is 15.1. The lowest BCUT2D eigenvalue weighted by atomic mass is 10.2. The second-order valence-corrected chi connectivity index (χ2v) is 4.33. The molecule has 5 heteroatoms. The molecule has 0 atom stereocenters. The molecule has 0 aliphatic carbocycles. The van der Waals surface area contributed by atoms with Crippen LogP contribution in [0, 0.1) is 0 Å². The summed E-state index contributed by atoms with van der Waals surface area (Å²) in [5.74, 6) is -0.688. The summed E-state index contributed by atoms with van der Waals surface area (Å²) >= 11 is 0. The number of amides is 2. The van der Waals surface area contributed by atoms with Gasteiger partial charge in [0.05, 0.1) is 0 Å². The summed E-state index contributed by atoms with van der Waals surface area (Å²) in [6.45, 7) is 0.477. The highest BCUT2D eigenvalue weighted by atomic mass is 16.5. The maximum absolute atomic E-state index is 11.4. The monoisotopic (exact) mass is 284 g/mol. The lowest BCUT2D eigenvalue weighted by Gasteiger charge is -2.08. The number of likely N-dealkylation sites (N-methyl/N-ethyl adjacent to an activating group) is 1. The van der Waals surface area contributed by atoms with Crippen molar-refractivity contribution in [3.8, 4) is 5.75 Å². The summed E-state index contributed by atoms with van der Waals surface area (Å²) in [5.41, 5.74) is 1.62. The van der Waals surface area contributed by atoms with Crippen LogP contribution >= 0.6 is 0 Å². The van der Waals surface area contributed by atoms with Crippen molar-refractivity contribution in [2.24, 2.45) is 0 Å². The quantitative estimate of drug-likeness (QED) is 0.843. The van der Waals surface area contributed by atoms with E-state index >= 15 is 0 Å². The van der Waals surface area contributed by atoms with Gasteiger partial charge in [0, 0.05) is 12.7 Å². The highest BCUT2D eigenvalue weighted by molar-refractivity contribution is 6.39. The Morgan fingerprint density at radius 2 is 1.62 bits per heavy atom. The number of hydrogen-bond donors (Lipinski definition) is 2. The molecule has 5 nitrogen and oxygen atoms in total. The Morgan fingerprint density at radius 1 is 0.952 bits per heavy atom. The molecule has 0 saturated carbocycles. The molecule has 0 unspecified atom stereocenters. The standard InChI is InChI=1S/C16H16N2O3/c1-17-15(19)16(20)18-13-7-9-14(10-8-13)21-11-12-5-3-2-4-6-12/h2-10H,11H2,1H3,(H,17,19)(H,18,20). The number of ether oxygens (including phenoxy) is 1. The van der Waals surface area contributed by atoms with Gasteiger partial charge in [-0.1, -0.05) is 30.3 Å². The predicted octanol–water partition coefficient (Wildman–Crippen LogP) is 1.95. The molecule has 2 aromatic carbocycles. The predicted molar refractivity (Wildman–Crippen MR) is 79.9 cm³/mol. The van der Waals surface area contributed by atoms with E-state index < -0.39 is 11.8 Å². The molecule has 2 N–H and O–H groups in total. The molecule has 0 heterocycles. The first-order valence-electron chi connectivity index (χ1n) is 6.49. The summed E-state index contributed by atoms with van der Waals surface area (Å²) in [6.07, 6.45) is 0. The van der Waals surface area contributed by atoms with Crippen molar-refractivity contribution in [3.63, 3.8) is 0 Å². The molecule has 2 rings (SSSR count). The van der Waals surface area contributed by atoms with Crippen molar-refractivity contribution in [3.05, 3.63) is 60.2 Å². The molecular formula is C16H16N2O3. The molecule has 2 aromatic rings. The Balaban J connectivity index is 1.90. The average Bonchev–Trinajstić information content (AvgIpc) is 2.54. The van der Waals surface area contributed by atoms with E-state index in [9.17, 15) is 9.59 Å². The van der Waals surface area contributed by atoms with Gasteiger partial charge in [-0.3, -0.25) is 9.59 Å². The Kier molecular flexibility index (Phi) is 4.93. The highest BCUT2D eigenvalue weighted by Crippen LogP contribution is 2.17. The second-order valence-electron chi connectivity index (χ2n) is 4.33. The first kappa shape index (κ1) is 14.6. The van der Waals surface area contributed by atoms with Crippen LogP contribution in [-0.4, -0.2) is 18.9 Å². The van der Waals surface area contributed by atoms with Gasteiger partial charge in [-0.2, -0.15) is 0 Å². The maximum atomic E-state index is 11.4. The van der Waals surface area contributed by atoms with Crippen LogP contribution in [0.4, 0.5) is 5.69 Å². The van der Waals surface area contributed by atoms with Gasteiger partial charge in [-0.05, 0) is 29.8 Å². The van der Waals surface area contributed by atoms with Crippen LogP contribution in [0.15, 0.2) is 54.6 Å². The number of rotatable bonds is 4. The van der Waals surface area contributed by atoms with Gasteiger partial charge in [0.2, 0.25) is 0 Å². The van der Waals surface area contributed by atoms with E-state index in [1.54, 1.807) is 24.3 Å². The maximum Gasteiger partial charge on any atom is 0.313 e. The number of carbonyl (C=O) groups is 2. The van der Waals surface area contributed by atoms with Crippen LogP contribution in [0.5, 0.6) is 5.75 Å². The summed E-state index contributed by atoms with van der Waals surface area (Å²) in [5, 5.41) is 4.75. The minimum atomic E-state index is -0.699. The van der Waals surface area contributed by atoms with E-state index in [1.165, 1.54) is 7.05 Å². The Bertz CT molecular complexity index is 609. The zero-order valence-electron chi connectivity index (χ0n) is 11.6. The van der Waals surface area contributed by atoms with E-state index in [1.807, 2.05) is 30.3 Å². The normalized spacial score (nSPS) is 9.76. The van der Waals surface area contributed by atoms with E-state index in [4.69, 9.17) is 4.74 Å². The molecule has 0 radical (unpaired) electrons. The van der Waals surface area contributed by atoms with Crippen molar-refractivity contribution < 1.29 is 14.3 Å². The summed E-state index contributed by atoms with van der Waals surface area (Å²) < 4.78 is 5.63. The summed E-state index contributed by atoms with van der Waals surface area (Å²) in [4.78, 5) is 22.5. The molecular weight excluding hydrogens is 268 g/mol. The molecule has 21 heavy (non-hydrogen) atoms. The largest absolute Gasteiger partial charge is 0.489 e. The van der Waals surface area contributed by atoms with Crippen LogP contribution in [0.25, 0.3) is 0 Å². The fraction of sp³-hybridized carbons (Fsp3) is 0.125. The Labute approximate surface area is 122 Å². The minimum absolute atomic E-state index is 0.477. The van der Waals surface area contributed by atoms with Crippen molar-refractivity contribution in [1.82, 2.24) is 5.32 Å². The van der Waals surface area contributed by atoms with Gasteiger partial charge < -0.3 is 15.4 Å². The first-order valence-corrected chi connectivity index (χ1v) is 6.49. The van der Waals surface area contributed by atoms with Crippen LogP contribution in [-0.2, 0) is 16.2 Å². The number of nitrogens with one attached hydrogen (secondary N) is 2. The molecule has 0 aliphatic heterocycles. The van der Waals surface area contributed by atoms with Gasteiger partial charge >= 0.3 is 11.8 Å². The van der Waals surface area contributed by atoms with Gasteiger partial charge in [-0.25, -0.2) is 0 Å². The molecule has 0 saturated heterocycles. The van der Waals surface area contributed by atoms with E-state index in [2.05, 4.69) is 10.6 Å². The number of benzene rings is 2. The second kappa shape index (κ2) is 7.09. The molecule has 0 aliphatic rings. The molecule has 0 spiro atoms. The molecule has 0 aromatic heterocycles. The lowest BCUT2D eigenvalue weighted by molar-refractivity contribution is -0.135. The van der Waals surface area contributed by atoms with Gasteiger partial charge in [0.1, 0.15) is 12.4 Å². The molecule has 0 bridgehead atoms. The van der Waals surface area contributed by atoms with E-state index in [-0.39, 0.29) is 0 Å². The lowest BCUT2D eigenvalue weighted by Crippen LogP contribution is -2.32. The fourth-order valence-electron chi connectivity index (χ4n) is 1.68. The third-order valence-electron chi connectivity index (χ3n) is 2.79. The molecule has 0 fully saturated rings. The SMILES string of the molecule is CNC(=O)C(=O)Nc1ccc(OCc2ccccc2)cc1. The summed E-state index contributed by atoms with van der Waals surface area (Å²) in [7, 11) is 1.41. The smallest absolute Gasteiger partial charge is 0.313 e. The van der Waals surface area contributed by atoms with Gasteiger partial charge in [0.15, 0.2) is 0 Å². The van der Waals surface area contributed by atoms with Crippen molar-refractivity contribution in [1.29, 1.82) is 0 Å². The Hall–Kier alpha value is -2.82. The third-order valence-corrected chi connectivity index (χ3v) is 2.79. The van der Waals surface area contributed by atoms with Crippen LogP contribution < -0.4 is 15.4 Å². The van der Waals surface area contributed by atoms with Gasteiger partial charge in [0.25, 0.3) is 0 Å². The van der Waals surface area contributed by atoms with Crippen molar-refractivity contribution in [2.75, 3.05) is 12.4 Å². The highest BCUT2D eigenvalue weighted by Gasteiger charge is 2.10. The van der Waals surface area contributed by atoms with Crippen LogP contribution in [0.1, 0.15) is 5.56 Å². The van der Waals surface area contributed by atoms with E-state index in [0.29, 0.717) is 18.0 Å². The van der Waals surface area contributed by atoms with E-state index in [0.717, 1.165) is 5.56 Å². The molecule has 108 valence electrons. The number of hydrogen-bond acceptors (Lipinski definition) is 3. The number of carbonyl (C=O) groups excluding carboxylic acids is 2.